The molecule has 0 aliphatic heterocycles. The van der Waals surface area contributed by atoms with Gasteiger partial charge in [0.2, 0.25) is 0 Å². The van der Waals surface area contributed by atoms with Gasteiger partial charge in [0.1, 0.15) is 12.4 Å². The Kier molecular flexibility index (Phi) is 7.56. The third kappa shape index (κ3) is 5.44. The third-order valence-corrected chi connectivity index (χ3v) is 4.88. The summed E-state index contributed by atoms with van der Waals surface area (Å²) in [5, 5.41) is 1.91. The molecule has 0 amide bonds. The Bertz CT molecular complexity index is 1080. The molecule has 0 bridgehead atoms. The normalized spacial score (nSPS) is 12.7. The van der Waals surface area contributed by atoms with E-state index in [0.29, 0.717) is 12.4 Å². The van der Waals surface area contributed by atoms with Gasteiger partial charge in [-0.25, -0.2) is 8.78 Å². The van der Waals surface area contributed by atoms with Crippen LogP contribution in [0.1, 0.15) is 37.0 Å². The minimum Gasteiger partial charge on any atom is -0.490 e. The quantitative estimate of drug-likeness (QED) is 0.272. The molecule has 0 saturated carbocycles. The van der Waals surface area contributed by atoms with Gasteiger partial charge in [-0.1, -0.05) is 54.6 Å². The molecule has 3 aromatic carbocycles. The van der Waals surface area contributed by atoms with Crippen LogP contribution in [0.4, 0.5) is 8.78 Å². The van der Waals surface area contributed by atoms with Gasteiger partial charge in [0.25, 0.3) is 0 Å². The van der Waals surface area contributed by atoms with E-state index in [1.807, 2.05) is 50.3 Å². The van der Waals surface area contributed by atoms with Gasteiger partial charge < -0.3 is 4.74 Å². The monoisotopic (exact) mass is 404 g/mol. The summed E-state index contributed by atoms with van der Waals surface area (Å²) in [4.78, 5) is 0. The van der Waals surface area contributed by atoms with Gasteiger partial charge in [-0.05, 0) is 73.4 Å². The van der Waals surface area contributed by atoms with Crippen molar-refractivity contribution in [2.24, 2.45) is 0 Å². The molecule has 3 aromatic rings. The summed E-state index contributed by atoms with van der Waals surface area (Å²) in [6, 6.07) is 17.6. The van der Waals surface area contributed by atoms with Gasteiger partial charge >= 0.3 is 0 Å². The van der Waals surface area contributed by atoms with Crippen LogP contribution in [0.15, 0.2) is 85.0 Å². The van der Waals surface area contributed by atoms with Crippen LogP contribution >= 0.6 is 0 Å². The average molecular weight is 405 g/mol. The maximum absolute atomic E-state index is 14.8. The summed E-state index contributed by atoms with van der Waals surface area (Å²) in [5.74, 6) is -1.13. The van der Waals surface area contributed by atoms with Gasteiger partial charge in [0, 0.05) is 11.1 Å². The summed E-state index contributed by atoms with van der Waals surface area (Å²) >= 11 is 0. The minimum atomic E-state index is -0.877. The maximum atomic E-state index is 14.8. The topological polar surface area (TPSA) is 9.23 Å². The van der Waals surface area contributed by atoms with Crippen LogP contribution in [-0.2, 0) is 6.42 Å². The number of benzene rings is 3. The number of hydrogen-bond acceptors (Lipinski definition) is 1. The first kappa shape index (κ1) is 21.5. The zero-order valence-electron chi connectivity index (χ0n) is 17.4. The predicted octanol–water partition coefficient (Wildman–Crippen LogP) is 8.07. The fraction of sp³-hybridized carbons (Fsp3) is 0.185. The zero-order chi connectivity index (χ0) is 21.3. The lowest BCUT2D eigenvalue weighted by Gasteiger charge is -2.07. The van der Waals surface area contributed by atoms with Crippen LogP contribution in [0.5, 0.6) is 5.75 Å². The van der Waals surface area contributed by atoms with Crippen LogP contribution in [0.25, 0.3) is 22.4 Å². The second kappa shape index (κ2) is 10.5. The second-order valence-electron chi connectivity index (χ2n) is 7.04. The van der Waals surface area contributed by atoms with E-state index < -0.39 is 11.7 Å². The SMILES string of the molecule is CC=CCOc1ccc(C(F)=C(F)c2ccc3cc(CC/C=C/C)ccc3c2)cc1. The van der Waals surface area contributed by atoms with E-state index >= 15 is 0 Å². The van der Waals surface area contributed by atoms with Gasteiger partial charge in [-0.3, -0.25) is 0 Å². The highest BCUT2D eigenvalue weighted by atomic mass is 19.2. The summed E-state index contributed by atoms with van der Waals surface area (Å²) in [5.41, 5.74) is 1.65. The van der Waals surface area contributed by atoms with Crippen molar-refractivity contribution in [3.63, 3.8) is 0 Å². The van der Waals surface area contributed by atoms with Crippen LogP contribution in [0.3, 0.4) is 0 Å². The number of aryl methyl sites for hydroxylation is 1. The van der Waals surface area contributed by atoms with Crippen molar-refractivity contribution >= 4 is 22.4 Å². The van der Waals surface area contributed by atoms with Crippen molar-refractivity contribution in [3.05, 3.63) is 102 Å². The van der Waals surface area contributed by atoms with Crippen molar-refractivity contribution in [1.82, 2.24) is 0 Å². The molecule has 0 aromatic heterocycles. The molecule has 0 heterocycles. The first-order valence-corrected chi connectivity index (χ1v) is 10.2. The zero-order valence-corrected chi connectivity index (χ0v) is 17.4. The van der Waals surface area contributed by atoms with Gasteiger partial charge in [0.05, 0.1) is 0 Å². The Hall–Kier alpha value is -3.20. The maximum Gasteiger partial charge on any atom is 0.166 e. The smallest absolute Gasteiger partial charge is 0.166 e. The fourth-order valence-corrected chi connectivity index (χ4v) is 3.20. The number of ether oxygens (including phenoxy) is 1. The van der Waals surface area contributed by atoms with Crippen molar-refractivity contribution in [2.45, 2.75) is 26.7 Å². The van der Waals surface area contributed by atoms with E-state index in [1.165, 1.54) is 17.7 Å². The highest BCUT2D eigenvalue weighted by Crippen LogP contribution is 2.31. The molecule has 0 aliphatic carbocycles. The summed E-state index contributed by atoms with van der Waals surface area (Å²) < 4.78 is 35.1. The second-order valence-corrected chi connectivity index (χ2v) is 7.04. The fourth-order valence-electron chi connectivity index (χ4n) is 3.20. The number of halogens is 2. The largest absolute Gasteiger partial charge is 0.490 e. The Morgan fingerprint density at radius 1 is 0.767 bits per heavy atom. The summed E-state index contributed by atoms with van der Waals surface area (Å²) in [6.07, 6.45) is 9.89. The van der Waals surface area contributed by atoms with E-state index in [0.717, 1.165) is 23.6 Å². The van der Waals surface area contributed by atoms with Gasteiger partial charge in [-0.2, -0.15) is 0 Å². The molecule has 0 unspecified atom stereocenters. The van der Waals surface area contributed by atoms with Crippen LogP contribution < -0.4 is 4.74 Å². The first-order chi connectivity index (χ1) is 14.6. The predicted molar refractivity (Wildman–Crippen MR) is 123 cm³/mol. The van der Waals surface area contributed by atoms with Crippen molar-refractivity contribution in [1.29, 1.82) is 0 Å². The number of rotatable bonds is 8. The summed E-state index contributed by atoms with van der Waals surface area (Å²) in [7, 11) is 0. The molecule has 0 aliphatic rings. The van der Waals surface area contributed by atoms with E-state index in [4.69, 9.17) is 4.74 Å². The Morgan fingerprint density at radius 3 is 2.13 bits per heavy atom. The molecular formula is C27H26F2O. The molecule has 0 atom stereocenters. The molecule has 0 fully saturated rings. The molecule has 0 N–H and O–H groups in total. The molecule has 0 spiro atoms. The number of allylic oxidation sites excluding steroid dienone is 3. The van der Waals surface area contributed by atoms with Gasteiger partial charge in [0.15, 0.2) is 11.7 Å². The lowest BCUT2D eigenvalue weighted by atomic mass is 10.0. The lowest BCUT2D eigenvalue weighted by Crippen LogP contribution is -1.93. The molecule has 0 radical (unpaired) electrons. The third-order valence-electron chi connectivity index (χ3n) is 4.88. The van der Waals surface area contributed by atoms with Crippen molar-refractivity contribution in [3.8, 4) is 5.75 Å². The van der Waals surface area contributed by atoms with E-state index in [9.17, 15) is 8.78 Å². The molecule has 3 heteroatoms. The molecule has 30 heavy (non-hydrogen) atoms. The molecular weight excluding hydrogens is 378 g/mol. The van der Waals surface area contributed by atoms with Crippen LogP contribution in [0, 0.1) is 0 Å². The van der Waals surface area contributed by atoms with Crippen molar-refractivity contribution in [2.75, 3.05) is 6.61 Å². The number of fused-ring (bicyclic) bond motifs is 1. The molecule has 154 valence electrons. The van der Waals surface area contributed by atoms with E-state index in [2.05, 4.69) is 12.1 Å². The summed E-state index contributed by atoms with van der Waals surface area (Å²) in [6.45, 7) is 4.36. The number of hydrogen-bond donors (Lipinski definition) is 0. The standard InChI is InChI=1S/C27H26F2O/c1-3-5-7-8-20-9-10-23-19-24(12-11-22(23)18-20)27(29)26(28)21-13-15-25(16-14-21)30-17-6-4-2/h3-6,9-16,18-19H,7-8,17H2,1-2H3/b5-3+,6-4?,27-26?. The van der Waals surface area contributed by atoms with Crippen LogP contribution in [0.2, 0.25) is 0 Å². The lowest BCUT2D eigenvalue weighted by molar-refractivity contribution is 0.362. The van der Waals surface area contributed by atoms with Crippen molar-refractivity contribution < 1.29 is 13.5 Å². The van der Waals surface area contributed by atoms with Gasteiger partial charge in [-0.15, -0.1) is 0 Å². The minimum absolute atomic E-state index is 0.185. The van der Waals surface area contributed by atoms with Crippen LogP contribution in [-0.4, -0.2) is 6.61 Å². The Balaban J connectivity index is 1.80. The highest BCUT2D eigenvalue weighted by Gasteiger charge is 2.12. The molecule has 1 nitrogen and oxygen atoms in total. The first-order valence-electron chi connectivity index (χ1n) is 10.2. The highest BCUT2D eigenvalue weighted by molar-refractivity contribution is 5.90. The Morgan fingerprint density at radius 2 is 1.40 bits per heavy atom. The van der Waals surface area contributed by atoms with E-state index in [1.54, 1.807) is 24.3 Å². The Labute approximate surface area is 177 Å². The average Bonchev–Trinajstić information content (AvgIpc) is 2.78. The molecule has 3 rings (SSSR count). The molecule has 0 saturated heterocycles. The van der Waals surface area contributed by atoms with E-state index in [-0.39, 0.29) is 11.1 Å².